The van der Waals surface area contributed by atoms with Crippen LogP contribution in [0.1, 0.15) is 31.0 Å². The molecule has 0 aliphatic rings. The van der Waals surface area contributed by atoms with Gasteiger partial charge in [-0.05, 0) is 54.3 Å². The second-order valence-electron chi connectivity index (χ2n) is 7.87. The third-order valence-corrected chi connectivity index (χ3v) is 5.53. The molecular formula is C24H20FN5O. The van der Waals surface area contributed by atoms with Gasteiger partial charge >= 0.3 is 0 Å². The van der Waals surface area contributed by atoms with Crippen LogP contribution >= 0.6 is 0 Å². The number of nitrogens with zero attached hydrogens (tertiary/aromatic N) is 5. The summed E-state index contributed by atoms with van der Waals surface area (Å²) in [6.45, 7) is 6.12. The van der Waals surface area contributed by atoms with Crippen molar-refractivity contribution in [3.63, 3.8) is 0 Å². The molecule has 5 rings (SSSR count). The van der Waals surface area contributed by atoms with E-state index in [1.165, 1.54) is 17.7 Å². The van der Waals surface area contributed by atoms with Crippen LogP contribution in [0.2, 0.25) is 0 Å². The molecule has 0 unspecified atom stereocenters. The maximum Gasteiger partial charge on any atom is 0.285 e. The van der Waals surface area contributed by atoms with Crippen LogP contribution in [0.3, 0.4) is 0 Å². The van der Waals surface area contributed by atoms with E-state index in [1.807, 2.05) is 37.3 Å². The number of pyridine rings is 1. The maximum atomic E-state index is 13.3. The Hall–Kier alpha value is -3.87. The van der Waals surface area contributed by atoms with E-state index >= 15 is 0 Å². The Morgan fingerprint density at radius 3 is 2.32 bits per heavy atom. The molecule has 5 aromatic rings. The number of aromatic nitrogens is 5. The zero-order valence-electron chi connectivity index (χ0n) is 17.4. The van der Waals surface area contributed by atoms with Gasteiger partial charge in [-0.2, -0.15) is 5.10 Å². The molecule has 0 aliphatic heterocycles. The van der Waals surface area contributed by atoms with Crippen LogP contribution in [0.5, 0.6) is 0 Å². The Balaban J connectivity index is 1.69. The van der Waals surface area contributed by atoms with Gasteiger partial charge in [0, 0.05) is 11.9 Å². The minimum Gasteiger partial charge on any atom is -0.282 e. The molecule has 0 bridgehead atoms. The van der Waals surface area contributed by atoms with Crippen molar-refractivity contribution in [3.05, 3.63) is 88.2 Å². The lowest BCUT2D eigenvalue weighted by Crippen LogP contribution is -2.20. The van der Waals surface area contributed by atoms with Gasteiger partial charge in [0.2, 0.25) is 0 Å². The average molecular weight is 413 g/mol. The Bertz CT molecular complexity index is 1480. The van der Waals surface area contributed by atoms with Gasteiger partial charge in [-0.1, -0.05) is 38.1 Å². The van der Waals surface area contributed by atoms with Crippen molar-refractivity contribution >= 4 is 16.7 Å². The molecule has 2 aromatic carbocycles. The van der Waals surface area contributed by atoms with Crippen molar-refractivity contribution in [3.8, 4) is 16.8 Å². The first-order valence-electron chi connectivity index (χ1n) is 10.1. The van der Waals surface area contributed by atoms with E-state index in [0.29, 0.717) is 17.1 Å². The number of hydrogen-bond donors (Lipinski definition) is 0. The van der Waals surface area contributed by atoms with Crippen LogP contribution in [0, 0.1) is 12.7 Å². The third-order valence-electron chi connectivity index (χ3n) is 5.53. The molecule has 0 aliphatic carbocycles. The molecule has 31 heavy (non-hydrogen) atoms. The number of rotatable bonds is 3. The van der Waals surface area contributed by atoms with Crippen molar-refractivity contribution in [1.82, 2.24) is 24.4 Å². The minimum absolute atomic E-state index is 0.232. The zero-order valence-corrected chi connectivity index (χ0v) is 17.4. The van der Waals surface area contributed by atoms with E-state index in [4.69, 9.17) is 0 Å². The van der Waals surface area contributed by atoms with Crippen LogP contribution in [0.4, 0.5) is 4.39 Å². The fourth-order valence-corrected chi connectivity index (χ4v) is 3.83. The van der Waals surface area contributed by atoms with Crippen LogP contribution < -0.4 is 5.56 Å². The summed E-state index contributed by atoms with van der Waals surface area (Å²) in [6.07, 6.45) is 1.73. The lowest BCUT2D eigenvalue weighted by molar-refractivity contribution is 0.628. The van der Waals surface area contributed by atoms with Crippen LogP contribution in [0.25, 0.3) is 33.5 Å². The van der Waals surface area contributed by atoms with Gasteiger partial charge in [0.15, 0.2) is 11.2 Å². The summed E-state index contributed by atoms with van der Waals surface area (Å²) in [5.41, 5.74) is 5.32. The highest BCUT2D eigenvalue weighted by Gasteiger charge is 2.18. The molecule has 0 N–H and O–H groups in total. The molecule has 0 atom stereocenters. The summed E-state index contributed by atoms with van der Waals surface area (Å²) >= 11 is 0. The minimum atomic E-state index is -0.309. The Morgan fingerprint density at radius 2 is 1.65 bits per heavy atom. The molecular weight excluding hydrogens is 393 g/mol. The van der Waals surface area contributed by atoms with E-state index in [1.54, 1.807) is 27.4 Å². The summed E-state index contributed by atoms with van der Waals surface area (Å²) in [5, 5.41) is 13.1. The topological polar surface area (TPSA) is 65.1 Å². The number of aryl methyl sites for hydroxylation is 1. The van der Waals surface area contributed by atoms with Crippen molar-refractivity contribution in [2.45, 2.75) is 26.7 Å². The molecule has 7 heteroatoms. The fourth-order valence-electron chi connectivity index (χ4n) is 3.83. The second kappa shape index (κ2) is 7.12. The highest BCUT2D eigenvalue weighted by atomic mass is 19.1. The van der Waals surface area contributed by atoms with Crippen molar-refractivity contribution < 1.29 is 4.39 Å². The van der Waals surface area contributed by atoms with E-state index in [0.717, 1.165) is 22.5 Å². The molecule has 0 radical (unpaired) electrons. The van der Waals surface area contributed by atoms with Gasteiger partial charge in [0.1, 0.15) is 11.3 Å². The zero-order chi connectivity index (χ0) is 21.7. The van der Waals surface area contributed by atoms with Gasteiger partial charge in [-0.3, -0.25) is 9.36 Å². The molecule has 0 amide bonds. The summed E-state index contributed by atoms with van der Waals surface area (Å²) in [5.74, 6) is 0.108. The number of benzene rings is 2. The molecule has 154 valence electrons. The van der Waals surface area contributed by atoms with E-state index in [2.05, 4.69) is 29.1 Å². The SMILES string of the molecule is Cc1nn2c(nnc3c(=O)n(-c4ccc(C(C)C)cc4)ccc32)c1-c1ccc(F)cc1. The monoisotopic (exact) mass is 413 g/mol. The van der Waals surface area contributed by atoms with Gasteiger partial charge in [0.25, 0.3) is 5.56 Å². The Labute approximate surface area is 177 Å². The average Bonchev–Trinajstić information content (AvgIpc) is 3.11. The Morgan fingerprint density at radius 1 is 0.935 bits per heavy atom. The fraction of sp³-hybridized carbons (Fsp3) is 0.167. The van der Waals surface area contributed by atoms with Gasteiger partial charge in [-0.25, -0.2) is 8.91 Å². The van der Waals surface area contributed by atoms with Gasteiger partial charge in [-0.15, -0.1) is 10.2 Å². The maximum absolute atomic E-state index is 13.3. The first-order chi connectivity index (χ1) is 14.9. The summed E-state index contributed by atoms with van der Waals surface area (Å²) < 4.78 is 16.5. The van der Waals surface area contributed by atoms with Crippen molar-refractivity contribution in [1.29, 1.82) is 0 Å². The first-order valence-corrected chi connectivity index (χ1v) is 10.1. The molecule has 3 heterocycles. The molecule has 0 fully saturated rings. The lowest BCUT2D eigenvalue weighted by Gasteiger charge is -2.10. The van der Waals surface area contributed by atoms with E-state index < -0.39 is 0 Å². The number of fused-ring (bicyclic) bond motifs is 3. The van der Waals surface area contributed by atoms with E-state index in [-0.39, 0.29) is 16.9 Å². The first kappa shape index (κ1) is 19.1. The third kappa shape index (κ3) is 3.09. The van der Waals surface area contributed by atoms with E-state index in [9.17, 15) is 9.18 Å². The summed E-state index contributed by atoms with van der Waals surface area (Å²) in [4.78, 5) is 13.2. The summed E-state index contributed by atoms with van der Waals surface area (Å²) in [6, 6.07) is 15.9. The van der Waals surface area contributed by atoms with Gasteiger partial charge in [0.05, 0.1) is 11.3 Å². The molecule has 0 saturated heterocycles. The highest BCUT2D eigenvalue weighted by Crippen LogP contribution is 2.28. The number of hydrogen-bond acceptors (Lipinski definition) is 4. The van der Waals surface area contributed by atoms with Crippen LogP contribution in [-0.2, 0) is 0 Å². The summed E-state index contributed by atoms with van der Waals surface area (Å²) in [7, 11) is 0. The van der Waals surface area contributed by atoms with Crippen molar-refractivity contribution in [2.24, 2.45) is 0 Å². The molecule has 0 saturated carbocycles. The molecule has 3 aromatic heterocycles. The predicted molar refractivity (Wildman–Crippen MR) is 118 cm³/mol. The highest BCUT2D eigenvalue weighted by molar-refractivity contribution is 5.84. The number of halogens is 1. The standard InChI is InChI=1S/C24H20FN5O/c1-14(2)16-6-10-19(11-7-16)29-13-12-20-22(24(29)31)26-27-23-21(15(3)28-30(20)23)17-4-8-18(25)9-5-17/h4-14H,1-3H3. The van der Waals surface area contributed by atoms with Crippen molar-refractivity contribution in [2.75, 3.05) is 0 Å². The largest absolute Gasteiger partial charge is 0.285 e. The smallest absolute Gasteiger partial charge is 0.282 e. The lowest BCUT2D eigenvalue weighted by atomic mass is 10.0. The molecule has 0 spiro atoms. The Kier molecular flexibility index (Phi) is 4.39. The van der Waals surface area contributed by atoms with Crippen LogP contribution in [-0.4, -0.2) is 24.4 Å². The molecule has 6 nitrogen and oxygen atoms in total. The predicted octanol–water partition coefficient (Wildman–Crippen LogP) is 4.67. The van der Waals surface area contributed by atoms with Crippen LogP contribution in [0.15, 0.2) is 65.6 Å². The van der Waals surface area contributed by atoms with Gasteiger partial charge < -0.3 is 0 Å². The quantitative estimate of drug-likeness (QED) is 0.431. The normalized spacial score (nSPS) is 11.6. The second-order valence-corrected chi connectivity index (χ2v) is 7.87.